The van der Waals surface area contributed by atoms with Gasteiger partial charge in [-0.15, -0.1) is 0 Å². The van der Waals surface area contributed by atoms with Crippen molar-refractivity contribution in [2.24, 2.45) is 0 Å². The molecule has 0 aromatic heterocycles. The Kier molecular flexibility index (Phi) is 3.32. The zero-order valence-electron chi connectivity index (χ0n) is 10.7. The van der Waals surface area contributed by atoms with Crippen LogP contribution in [0.5, 0.6) is 0 Å². The molecule has 1 atom stereocenters. The van der Waals surface area contributed by atoms with Gasteiger partial charge in [0.05, 0.1) is 10.9 Å². The van der Waals surface area contributed by atoms with Gasteiger partial charge in [-0.1, -0.05) is 42.5 Å². The van der Waals surface area contributed by atoms with Crippen molar-refractivity contribution in [3.8, 4) is 11.1 Å². The minimum atomic E-state index is -0.525. The second-order valence-electron chi connectivity index (χ2n) is 4.70. The van der Waals surface area contributed by atoms with Gasteiger partial charge in [-0.3, -0.25) is 9.59 Å². The molecule has 100 valence electrons. The number of rotatable bonds is 2. The van der Waals surface area contributed by atoms with E-state index in [1.54, 1.807) is 6.07 Å². The minimum Gasteiger partial charge on any atom is -0.274 e. The van der Waals surface area contributed by atoms with Gasteiger partial charge in [-0.2, -0.15) is 12.6 Å². The smallest absolute Gasteiger partial charge is 0.247 e. The van der Waals surface area contributed by atoms with Gasteiger partial charge in [-0.25, -0.2) is 4.90 Å². The van der Waals surface area contributed by atoms with E-state index >= 15 is 0 Å². The molecule has 2 aromatic carbocycles. The molecule has 1 unspecified atom stereocenters. The van der Waals surface area contributed by atoms with Gasteiger partial charge in [0, 0.05) is 6.42 Å². The highest BCUT2D eigenvalue weighted by atomic mass is 32.1. The van der Waals surface area contributed by atoms with Gasteiger partial charge in [-0.05, 0) is 23.3 Å². The van der Waals surface area contributed by atoms with Crippen LogP contribution in [0.15, 0.2) is 54.6 Å². The monoisotopic (exact) mass is 283 g/mol. The summed E-state index contributed by atoms with van der Waals surface area (Å²) in [4.78, 5) is 25.1. The van der Waals surface area contributed by atoms with E-state index in [4.69, 9.17) is 0 Å². The largest absolute Gasteiger partial charge is 0.274 e. The molecular weight excluding hydrogens is 270 g/mol. The molecule has 2 aromatic rings. The quantitative estimate of drug-likeness (QED) is 0.679. The van der Waals surface area contributed by atoms with Gasteiger partial charge >= 0.3 is 0 Å². The predicted molar refractivity (Wildman–Crippen MR) is 81.8 cm³/mol. The zero-order chi connectivity index (χ0) is 14.1. The molecule has 20 heavy (non-hydrogen) atoms. The molecule has 1 fully saturated rings. The molecule has 1 aliphatic heterocycles. The highest BCUT2D eigenvalue weighted by Crippen LogP contribution is 2.29. The van der Waals surface area contributed by atoms with Crippen molar-refractivity contribution in [2.45, 2.75) is 11.7 Å². The lowest BCUT2D eigenvalue weighted by molar-refractivity contribution is -0.121. The molecule has 0 bridgehead atoms. The molecule has 0 saturated carbocycles. The van der Waals surface area contributed by atoms with Gasteiger partial charge in [0.1, 0.15) is 0 Å². The maximum Gasteiger partial charge on any atom is 0.247 e. The molecule has 2 amide bonds. The van der Waals surface area contributed by atoms with Crippen LogP contribution in [0.3, 0.4) is 0 Å². The number of carbonyl (C=O) groups is 2. The molecule has 1 heterocycles. The van der Waals surface area contributed by atoms with Crippen LogP contribution < -0.4 is 4.90 Å². The fourth-order valence-corrected chi connectivity index (χ4v) is 2.61. The summed E-state index contributed by atoms with van der Waals surface area (Å²) in [5.41, 5.74) is 2.64. The van der Waals surface area contributed by atoms with Gasteiger partial charge in [0.25, 0.3) is 0 Å². The number of hydrogen-bond acceptors (Lipinski definition) is 3. The number of hydrogen-bond donors (Lipinski definition) is 1. The Labute approximate surface area is 122 Å². The molecular formula is C16H13NO2S. The summed E-state index contributed by atoms with van der Waals surface area (Å²) in [6.45, 7) is 0. The number of imide groups is 1. The summed E-state index contributed by atoms with van der Waals surface area (Å²) in [7, 11) is 0. The lowest BCUT2D eigenvalue weighted by Crippen LogP contribution is -2.30. The maximum absolute atomic E-state index is 12.0. The lowest BCUT2D eigenvalue weighted by Gasteiger charge is -2.15. The lowest BCUT2D eigenvalue weighted by atomic mass is 10.1. The van der Waals surface area contributed by atoms with Crippen molar-refractivity contribution in [3.05, 3.63) is 54.6 Å². The Morgan fingerprint density at radius 3 is 2.30 bits per heavy atom. The highest BCUT2D eigenvalue weighted by molar-refractivity contribution is 7.82. The van der Waals surface area contributed by atoms with Crippen molar-refractivity contribution in [3.63, 3.8) is 0 Å². The summed E-state index contributed by atoms with van der Waals surface area (Å²) >= 11 is 4.14. The van der Waals surface area contributed by atoms with Crippen molar-refractivity contribution in [1.29, 1.82) is 0 Å². The second-order valence-corrected chi connectivity index (χ2v) is 5.33. The number of anilines is 1. The average Bonchev–Trinajstić information content (AvgIpc) is 2.73. The zero-order valence-corrected chi connectivity index (χ0v) is 11.6. The van der Waals surface area contributed by atoms with Crippen LogP contribution in [-0.4, -0.2) is 17.1 Å². The first-order valence-corrected chi connectivity index (χ1v) is 6.89. The molecule has 1 saturated heterocycles. The molecule has 3 nitrogen and oxygen atoms in total. The van der Waals surface area contributed by atoms with E-state index in [1.807, 2.05) is 48.5 Å². The highest BCUT2D eigenvalue weighted by Gasteiger charge is 2.37. The van der Waals surface area contributed by atoms with Crippen molar-refractivity contribution in [1.82, 2.24) is 0 Å². The van der Waals surface area contributed by atoms with Crippen LogP contribution in [-0.2, 0) is 9.59 Å². The molecule has 3 rings (SSSR count). The van der Waals surface area contributed by atoms with E-state index in [0.717, 1.165) is 11.1 Å². The molecule has 0 N–H and O–H groups in total. The Morgan fingerprint density at radius 1 is 0.950 bits per heavy atom. The first-order valence-electron chi connectivity index (χ1n) is 6.37. The van der Waals surface area contributed by atoms with E-state index in [0.29, 0.717) is 5.69 Å². The second kappa shape index (κ2) is 5.13. The van der Waals surface area contributed by atoms with E-state index in [9.17, 15) is 9.59 Å². The summed E-state index contributed by atoms with van der Waals surface area (Å²) in [6.07, 6.45) is 0.164. The SMILES string of the molecule is O=C1CC(S)C(=O)N1c1cccc(-c2ccccc2)c1. The third kappa shape index (κ3) is 2.23. The Balaban J connectivity index is 2.00. The Hall–Kier alpha value is -2.07. The Bertz CT molecular complexity index is 669. The normalized spacial score (nSPS) is 18.6. The minimum absolute atomic E-state index is 0.164. The first kappa shape index (κ1) is 12.9. The number of carbonyl (C=O) groups excluding carboxylic acids is 2. The summed E-state index contributed by atoms with van der Waals surface area (Å²) in [6, 6.07) is 17.3. The first-order chi connectivity index (χ1) is 9.66. The fraction of sp³-hybridized carbons (Fsp3) is 0.125. The number of amides is 2. The molecule has 0 radical (unpaired) electrons. The average molecular weight is 283 g/mol. The van der Waals surface area contributed by atoms with Crippen molar-refractivity contribution < 1.29 is 9.59 Å². The molecule has 0 aliphatic carbocycles. The summed E-state index contributed by atoms with van der Waals surface area (Å²) in [5, 5.41) is -0.525. The number of nitrogens with zero attached hydrogens (tertiary/aromatic N) is 1. The van der Waals surface area contributed by atoms with E-state index < -0.39 is 5.25 Å². The van der Waals surface area contributed by atoms with Gasteiger partial charge in [0.15, 0.2) is 0 Å². The third-order valence-electron chi connectivity index (χ3n) is 3.33. The standard InChI is InChI=1S/C16H13NO2S/c18-15-10-14(20)16(19)17(15)13-8-4-7-12(9-13)11-5-2-1-3-6-11/h1-9,14,20H,10H2. The Morgan fingerprint density at radius 2 is 1.65 bits per heavy atom. The van der Waals surface area contributed by atoms with Crippen LogP contribution in [0, 0.1) is 0 Å². The fourth-order valence-electron chi connectivity index (χ4n) is 2.34. The molecule has 4 heteroatoms. The molecule has 0 spiro atoms. The third-order valence-corrected chi connectivity index (χ3v) is 3.74. The van der Waals surface area contributed by atoms with E-state index in [2.05, 4.69) is 12.6 Å². The number of thiol groups is 1. The van der Waals surface area contributed by atoms with E-state index in [-0.39, 0.29) is 18.2 Å². The summed E-state index contributed by atoms with van der Waals surface area (Å²) < 4.78 is 0. The predicted octanol–water partition coefficient (Wildman–Crippen LogP) is 2.92. The topological polar surface area (TPSA) is 37.4 Å². The maximum atomic E-state index is 12.0. The van der Waals surface area contributed by atoms with Gasteiger partial charge < -0.3 is 0 Å². The van der Waals surface area contributed by atoms with Crippen LogP contribution in [0.1, 0.15) is 6.42 Å². The van der Waals surface area contributed by atoms with Crippen LogP contribution in [0.4, 0.5) is 5.69 Å². The number of benzene rings is 2. The van der Waals surface area contributed by atoms with Crippen molar-refractivity contribution >= 4 is 30.1 Å². The van der Waals surface area contributed by atoms with Crippen LogP contribution in [0.25, 0.3) is 11.1 Å². The van der Waals surface area contributed by atoms with E-state index in [1.165, 1.54) is 4.90 Å². The molecule has 1 aliphatic rings. The van der Waals surface area contributed by atoms with Gasteiger partial charge in [0.2, 0.25) is 11.8 Å². The van der Waals surface area contributed by atoms with Crippen molar-refractivity contribution in [2.75, 3.05) is 4.90 Å². The summed E-state index contributed by atoms with van der Waals surface area (Å²) in [5.74, 6) is -0.441. The van der Waals surface area contributed by atoms with Crippen LogP contribution >= 0.6 is 12.6 Å². The van der Waals surface area contributed by atoms with Crippen LogP contribution in [0.2, 0.25) is 0 Å².